The maximum atomic E-state index is 13.2. The number of rotatable bonds is 6. The van der Waals surface area contributed by atoms with Crippen molar-refractivity contribution in [3.05, 3.63) is 35.4 Å². The Bertz CT molecular complexity index is 309. The van der Waals surface area contributed by atoms with Crippen molar-refractivity contribution in [1.29, 1.82) is 0 Å². The molecule has 0 amide bonds. The average molecular weight is 228 g/mol. The van der Waals surface area contributed by atoms with E-state index in [2.05, 4.69) is 5.32 Å². The first-order valence-electron chi connectivity index (χ1n) is 5.51. The van der Waals surface area contributed by atoms with Crippen molar-refractivity contribution >= 4 is 0 Å². The summed E-state index contributed by atoms with van der Waals surface area (Å²) >= 11 is 0. The Morgan fingerprint density at radius 1 is 1.31 bits per heavy atom. The van der Waals surface area contributed by atoms with Crippen molar-refractivity contribution in [3.63, 3.8) is 0 Å². The molecule has 1 atom stereocenters. The summed E-state index contributed by atoms with van der Waals surface area (Å²) < 4.78 is 26.5. The normalized spacial score (nSPS) is 12.8. The van der Waals surface area contributed by atoms with Crippen LogP contribution in [0.3, 0.4) is 0 Å². The zero-order valence-corrected chi connectivity index (χ0v) is 9.47. The first-order valence-corrected chi connectivity index (χ1v) is 5.51. The molecule has 0 bridgehead atoms. The highest BCUT2D eigenvalue weighted by atomic mass is 19.1. The van der Waals surface area contributed by atoms with Crippen LogP contribution in [0.5, 0.6) is 0 Å². The Balaban J connectivity index is 2.43. The van der Waals surface area contributed by atoms with Gasteiger partial charge in [0.1, 0.15) is 11.6 Å². The summed E-state index contributed by atoms with van der Waals surface area (Å²) in [6.45, 7) is 3.17. The lowest BCUT2D eigenvalue weighted by atomic mass is 10.1. The zero-order chi connectivity index (χ0) is 12.0. The van der Waals surface area contributed by atoms with Gasteiger partial charge in [-0.2, -0.15) is 0 Å². The number of hydrogen-bond donors (Lipinski definition) is 2. The molecule has 1 rings (SSSR count). The van der Waals surface area contributed by atoms with Crippen LogP contribution in [0.25, 0.3) is 0 Å². The molecule has 1 aromatic rings. The van der Waals surface area contributed by atoms with Crippen LogP contribution in [0, 0.1) is 11.6 Å². The Morgan fingerprint density at radius 3 is 2.50 bits per heavy atom. The molecule has 0 spiro atoms. The third kappa shape index (κ3) is 3.87. The summed E-state index contributed by atoms with van der Waals surface area (Å²) in [5, 5.41) is 3.17. The van der Waals surface area contributed by atoms with Gasteiger partial charge in [0.05, 0.1) is 0 Å². The van der Waals surface area contributed by atoms with Crippen molar-refractivity contribution in [3.8, 4) is 0 Å². The average Bonchev–Trinajstić information content (AvgIpc) is 2.23. The molecular weight excluding hydrogens is 210 g/mol. The third-order valence-electron chi connectivity index (χ3n) is 2.53. The Labute approximate surface area is 94.8 Å². The van der Waals surface area contributed by atoms with E-state index in [1.807, 2.05) is 6.92 Å². The molecule has 0 saturated heterocycles. The van der Waals surface area contributed by atoms with E-state index in [9.17, 15) is 8.78 Å². The minimum Gasteiger partial charge on any atom is -0.330 e. The summed E-state index contributed by atoms with van der Waals surface area (Å²) in [6, 6.07) is 4.21. The van der Waals surface area contributed by atoms with Gasteiger partial charge in [-0.05, 0) is 45.0 Å². The van der Waals surface area contributed by atoms with Crippen LogP contribution in [-0.4, -0.2) is 19.1 Å². The van der Waals surface area contributed by atoms with Crippen LogP contribution >= 0.6 is 0 Å². The summed E-state index contributed by atoms with van der Waals surface area (Å²) in [6.07, 6.45) is 1.22. The monoisotopic (exact) mass is 228 g/mol. The second-order valence-electron chi connectivity index (χ2n) is 3.88. The number of nitrogens with two attached hydrogens (primary N) is 1. The van der Waals surface area contributed by atoms with E-state index in [1.54, 1.807) is 0 Å². The lowest BCUT2D eigenvalue weighted by Gasteiger charge is -2.12. The smallest absolute Gasteiger partial charge is 0.129 e. The van der Waals surface area contributed by atoms with Gasteiger partial charge in [0.25, 0.3) is 0 Å². The second-order valence-corrected chi connectivity index (χ2v) is 3.88. The number of hydrogen-bond acceptors (Lipinski definition) is 2. The van der Waals surface area contributed by atoms with Gasteiger partial charge >= 0.3 is 0 Å². The van der Waals surface area contributed by atoms with Crippen LogP contribution in [0.2, 0.25) is 0 Å². The molecule has 2 nitrogen and oxygen atoms in total. The van der Waals surface area contributed by atoms with E-state index >= 15 is 0 Å². The maximum absolute atomic E-state index is 13.2. The van der Waals surface area contributed by atoms with E-state index in [4.69, 9.17) is 5.73 Å². The molecule has 0 fully saturated rings. The van der Waals surface area contributed by atoms with Crippen molar-refractivity contribution in [2.75, 3.05) is 13.1 Å². The zero-order valence-electron chi connectivity index (χ0n) is 9.47. The molecule has 1 unspecified atom stereocenters. The van der Waals surface area contributed by atoms with Gasteiger partial charge in [0.2, 0.25) is 0 Å². The second kappa shape index (κ2) is 6.55. The van der Waals surface area contributed by atoms with Gasteiger partial charge in [-0.15, -0.1) is 0 Å². The van der Waals surface area contributed by atoms with Gasteiger partial charge < -0.3 is 11.1 Å². The van der Waals surface area contributed by atoms with E-state index in [1.165, 1.54) is 18.2 Å². The highest BCUT2D eigenvalue weighted by Crippen LogP contribution is 2.12. The van der Waals surface area contributed by atoms with Crippen molar-refractivity contribution < 1.29 is 8.78 Å². The van der Waals surface area contributed by atoms with E-state index in [0.29, 0.717) is 19.5 Å². The van der Waals surface area contributed by atoms with Crippen molar-refractivity contribution in [2.24, 2.45) is 5.73 Å². The number of nitrogens with one attached hydrogen (secondary N) is 1. The molecule has 0 saturated carbocycles. The standard InChI is InChI=1S/C12H18F2N2/c1-9(5-7-15)16-8-6-10-11(13)3-2-4-12(10)14/h2-4,9,16H,5-8,15H2,1H3. The molecule has 16 heavy (non-hydrogen) atoms. The maximum Gasteiger partial charge on any atom is 0.129 e. The molecule has 3 N–H and O–H groups in total. The number of benzene rings is 1. The molecule has 90 valence electrons. The highest BCUT2D eigenvalue weighted by molar-refractivity contribution is 5.19. The minimum absolute atomic E-state index is 0.148. The van der Waals surface area contributed by atoms with Gasteiger partial charge in [-0.1, -0.05) is 6.07 Å². The van der Waals surface area contributed by atoms with Gasteiger partial charge in [-0.3, -0.25) is 0 Å². The molecule has 0 heterocycles. The first kappa shape index (κ1) is 13.1. The summed E-state index contributed by atoms with van der Waals surface area (Å²) in [5.74, 6) is -0.957. The molecule has 4 heteroatoms. The van der Waals surface area contributed by atoms with Gasteiger partial charge in [-0.25, -0.2) is 8.78 Å². The van der Waals surface area contributed by atoms with Crippen LogP contribution in [0.1, 0.15) is 18.9 Å². The van der Waals surface area contributed by atoms with Crippen LogP contribution in [0.4, 0.5) is 8.78 Å². The Hall–Kier alpha value is -1.00. The number of halogens is 2. The van der Waals surface area contributed by atoms with Crippen molar-refractivity contribution in [1.82, 2.24) is 5.32 Å². The largest absolute Gasteiger partial charge is 0.330 e. The third-order valence-corrected chi connectivity index (χ3v) is 2.53. The van der Waals surface area contributed by atoms with Gasteiger partial charge in [0.15, 0.2) is 0 Å². The quantitative estimate of drug-likeness (QED) is 0.779. The first-order chi connectivity index (χ1) is 7.65. The molecule has 0 aliphatic carbocycles. The van der Waals surface area contributed by atoms with E-state index in [0.717, 1.165) is 6.42 Å². The van der Waals surface area contributed by atoms with Crippen LogP contribution in [-0.2, 0) is 6.42 Å². The lowest BCUT2D eigenvalue weighted by Crippen LogP contribution is -2.30. The Kier molecular flexibility index (Phi) is 5.35. The molecule has 0 radical (unpaired) electrons. The predicted molar refractivity (Wildman–Crippen MR) is 61.2 cm³/mol. The summed E-state index contributed by atoms with van der Waals surface area (Å²) in [5.41, 5.74) is 5.55. The van der Waals surface area contributed by atoms with Gasteiger partial charge in [0, 0.05) is 11.6 Å². The molecule has 0 aliphatic rings. The Morgan fingerprint density at radius 2 is 1.94 bits per heavy atom. The SMILES string of the molecule is CC(CCN)NCCc1c(F)cccc1F. The molecule has 0 aliphatic heterocycles. The summed E-state index contributed by atoms with van der Waals surface area (Å²) in [7, 11) is 0. The fraction of sp³-hybridized carbons (Fsp3) is 0.500. The van der Waals surface area contributed by atoms with Crippen molar-refractivity contribution in [2.45, 2.75) is 25.8 Å². The van der Waals surface area contributed by atoms with Crippen LogP contribution in [0.15, 0.2) is 18.2 Å². The van der Waals surface area contributed by atoms with E-state index in [-0.39, 0.29) is 11.6 Å². The fourth-order valence-electron chi connectivity index (χ4n) is 1.57. The van der Waals surface area contributed by atoms with E-state index < -0.39 is 11.6 Å². The molecule has 1 aromatic carbocycles. The van der Waals surface area contributed by atoms with Crippen LogP contribution < -0.4 is 11.1 Å². The minimum atomic E-state index is -0.478. The molecular formula is C12H18F2N2. The highest BCUT2D eigenvalue weighted by Gasteiger charge is 2.08. The predicted octanol–water partition coefficient (Wildman–Crippen LogP) is 1.83. The topological polar surface area (TPSA) is 38.0 Å². The lowest BCUT2D eigenvalue weighted by molar-refractivity contribution is 0.504. The molecule has 0 aromatic heterocycles. The fourth-order valence-corrected chi connectivity index (χ4v) is 1.57. The summed E-state index contributed by atoms with van der Waals surface area (Å²) in [4.78, 5) is 0.